The zero-order valence-corrected chi connectivity index (χ0v) is 23.5. The van der Waals surface area contributed by atoms with Crippen molar-refractivity contribution in [2.75, 3.05) is 20.3 Å². The SMILES string of the molecule is CCOP(=O)(OCC)C(Cc1cccnc1)c1cc(C)c(O[Si](C)(C)C(C)(C)C)c(OC)c1. The van der Waals surface area contributed by atoms with E-state index in [0.717, 1.165) is 22.4 Å². The van der Waals surface area contributed by atoms with Crippen molar-refractivity contribution >= 4 is 15.9 Å². The molecule has 2 rings (SSSR count). The molecular formula is C25H40NO5PSi. The van der Waals surface area contributed by atoms with Gasteiger partial charge in [0, 0.05) is 12.4 Å². The first kappa shape index (κ1) is 27.6. The normalized spacial score (nSPS) is 13.6. The van der Waals surface area contributed by atoms with Crippen molar-refractivity contribution in [3.63, 3.8) is 0 Å². The molecule has 1 heterocycles. The molecule has 0 aliphatic rings. The van der Waals surface area contributed by atoms with Crippen LogP contribution in [0.1, 0.15) is 57.0 Å². The molecule has 1 atom stereocenters. The molecule has 8 heteroatoms. The topological polar surface area (TPSA) is 66.9 Å². The third-order valence-corrected chi connectivity index (χ3v) is 13.0. The van der Waals surface area contributed by atoms with Crippen LogP contribution in [0.2, 0.25) is 18.1 Å². The van der Waals surface area contributed by atoms with Gasteiger partial charge in [-0.15, -0.1) is 0 Å². The van der Waals surface area contributed by atoms with Crippen molar-refractivity contribution in [2.24, 2.45) is 0 Å². The van der Waals surface area contributed by atoms with E-state index in [1.54, 1.807) is 19.5 Å². The Bertz CT molecular complexity index is 949. The minimum atomic E-state index is -3.47. The zero-order chi connectivity index (χ0) is 24.9. The molecule has 33 heavy (non-hydrogen) atoms. The first-order chi connectivity index (χ1) is 15.4. The third kappa shape index (κ3) is 6.69. The molecule has 0 saturated heterocycles. The Labute approximate surface area is 200 Å². The van der Waals surface area contributed by atoms with Gasteiger partial charge in [-0.3, -0.25) is 9.55 Å². The van der Waals surface area contributed by atoms with E-state index in [0.29, 0.717) is 25.4 Å². The average molecular weight is 494 g/mol. The quantitative estimate of drug-likeness (QED) is 0.241. The van der Waals surface area contributed by atoms with Gasteiger partial charge in [0.25, 0.3) is 8.32 Å². The van der Waals surface area contributed by atoms with Gasteiger partial charge in [-0.05, 0) is 74.1 Å². The second kappa shape index (κ2) is 11.2. The van der Waals surface area contributed by atoms with Gasteiger partial charge in [0.2, 0.25) is 0 Å². The summed E-state index contributed by atoms with van der Waals surface area (Å²) < 4.78 is 37.9. The first-order valence-electron chi connectivity index (χ1n) is 11.5. The van der Waals surface area contributed by atoms with Crippen LogP contribution in [0.15, 0.2) is 36.7 Å². The lowest BCUT2D eigenvalue weighted by Gasteiger charge is -2.37. The van der Waals surface area contributed by atoms with Gasteiger partial charge in [-0.2, -0.15) is 0 Å². The van der Waals surface area contributed by atoms with Crippen LogP contribution in [0.3, 0.4) is 0 Å². The summed E-state index contributed by atoms with van der Waals surface area (Å²) in [6.07, 6.45) is 3.98. The van der Waals surface area contributed by atoms with Crippen molar-refractivity contribution in [1.29, 1.82) is 0 Å². The molecule has 6 nitrogen and oxygen atoms in total. The molecule has 1 unspecified atom stereocenters. The molecule has 0 radical (unpaired) electrons. The lowest BCUT2D eigenvalue weighted by molar-refractivity contribution is 0.211. The van der Waals surface area contributed by atoms with Crippen molar-refractivity contribution in [2.45, 2.75) is 71.8 Å². The van der Waals surface area contributed by atoms with E-state index in [1.165, 1.54) is 0 Å². The summed E-state index contributed by atoms with van der Waals surface area (Å²) in [6.45, 7) is 17.3. The van der Waals surface area contributed by atoms with Gasteiger partial charge in [-0.25, -0.2) is 0 Å². The second-order valence-electron chi connectivity index (χ2n) is 9.69. The summed E-state index contributed by atoms with van der Waals surface area (Å²) in [4.78, 5) is 4.22. The highest BCUT2D eigenvalue weighted by Crippen LogP contribution is 2.62. The van der Waals surface area contributed by atoms with Crippen LogP contribution in [0.25, 0.3) is 0 Å². The van der Waals surface area contributed by atoms with E-state index >= 15 is 0 Å². The van der Waals surface area contributed by atoms with E-state index in [1.807, 2.05) is 45.0 Å². The van der Waals surface area contributed by atoms with Crippen LogP contribution in [0, 0.1) is 6.92 Å². The average Bonchev–Trinajstić information content (AvgIpc) is 2.73. The highest BCUT2D eigenvalue weighted by Gasteiger charge is 2.41. The Kier molecular flexibility index (Phi) is 9.34. The van der Waals surface area contributed by atoms with E-state index < -0.39 is 21.6 Å². The predicted octanol–water partition coefficient (Wildman–Crippen LogP) is 7.33. The molecule has 184 valence electrons. The number of hydrogen-bond acceptors (Lipinski definition) is 6. The zero-order valence-electron chi connectivity index (χ0n) is 21.6. The van der Waals surface area contributed by atoms with Crippen LogP contribution in [0.4, 0.5) is 0 Å². The molecule has 0 saturated carbocycles. The summed E-state index contributed by atoms with van der Waals surface area (Å²) in [5.41, 5.74) is 2.22. The van der Waals surface area contributed by atoms with Crippen LogP contribution >= 0.6 is 7.60 Å². The highest BCUT2D eigenvalue weighted by atomic mass is 31.2. The maximum atomic E-state index is 13.9. The van der Waals surface area contributed by atoms with Crippen molar-refractivity contribution in [3.05, 3.63) is 53.3 Å². The van der Waals surface area contributed by atoms with Crippen LogP contribution in [-0.4, -0.2) is 33.6 Å². The van der Waals surface area contributed by atoms with Gasteiger partial charge < -0.3 is 18.2 Å². The maximum absolute atomic E-state index is 13.9. The number of aryl methyl sites for hydroxylation is 1. The predicted molar refractivity (Wildman–Crippen MR) is 137 cm³/mol. The van der Waals surface area contributed by atoms with E-state index in [2.05, 4.69) is 38.8 Å². The number of pyridine rings is 1. The van der Waals surface area contributed by atoms with E-state index in [-0.39, 0.29) is 5.04 Å². The van der Waals surface area contributed by atoms with E-state index in [9.17, 15) is 4.57 Å². The molecule has 0 N–H and O–H groups in total. The lowest BCUT2D eigenvalue weighted by atomic mass is 10.0. The number of methoxy groups -OCH3 is 1. The number of nitrogens with zero attached hydrogens (tertiary/aromatic N) is 1. The molecule has 0 aliphatic heterocycles. The summed E-state index contributed by atoms with van der Waals surface area (Å²) >= 11 is 0. The Balaban J connectivity index is 2.61. The fourth-order valence-electron chi connectivity index (χ4n) is 3.38. The molecule has 0 fully saturated rings. The monoisotopic (exact) mass is 493 g/mol. The molecule has 1 aromatic heterocycles. The maximum Gasteiger partial charge on any atom is 0.338 e. The Hall–Kier alpha value is -1.66. The van der Waals surface area contributed by atoms with E-state index in [4.69, 9.17) is 18.2 Å². The molecule has 1 aromatic carbocycles. The summed E-state index contributed by atoms with van der Waals surface area (Å²) in [6, 6.07) is 7.79. The summed E-state index contributed by atoms with van der Waals surface area (Å²) in [7, 11) is -3.91. The van der Waals surface area contributed by atoms with Crippen LogP contribution in [-0.2, 0) is 20.0 Å². The fraction of sp³-hybridized carbons (Fsp3) is 0.560. The van der Waals surface area contributed by atoms with Crippen molar-refractivity contribution < 1.29 is 22.8 Å². The molecule has 0 bridgehead atoms. The van der Waals surface area contributed by atoms with Crippen LogP contribution in [0.5, 0.6) is 11.5 Å². The summed E-state index contributed by atoms with van der Waals surface area (Å²) in [5.74, 6) is 1.38. The van der Waals surface area contributed by atoms with Gasteiger partial charge in [0.1, 0.15) is 5.75 Å². The largest absolute Gasteiger partial charge is 0.541 e. The second-order valence-corrected chi connectivity index (χ2v) is 16.6. The number of aromatic nitrogens is 1. The van der Waals surface area contributed by atoms with Gasteiger partial charge in [0.15, 0.2) is 5.75 Å². The Morgan fingerprint density at radius 1 is 1.12 bits per heavy atom. The number of ether oxygens (including phenoxy) is 1. The first-order valence-corrected chi connectivity index (χ1v) is 16.1. The van der Waals surface area contributed by atoms with Gasteiger partial charge >= 0.3 is 7.60 Å². The molecule has 0 spiro atoms. The van der Waals surface area contributed by atoms with Gasteiger partial charge in [-0.1, -0.05) is 32.9 Å². The number of rotatable bonds is 11. The molecule has 0 aliphatic carbocycles. The Morgan fingerprint density at radius 3 is 2.24 bits per heavy atom. The van der Waals surface area contributed by atoms with Gasteiger partial charge in [0.05, 0.1) is 26.0 Å². The van der Waals surface area contributed by atoms with Crippen LogP contribution < -0.4 is 9.16 Å². The van der Waals surface area contributed by atoms with Crippen molar-refractivity contribution in [1.82, 2.24) is 4.98 Å². The molecule has 0 amide bonds. The lowest BCUT2D eigenvalue weighted by Crippen LogP contribution is -2.44. The Morgan fingerprint density at radius 2 is 1.76 bits per heavy atom. The molecule has 2 aromatic rings. The minimum absolute atomic E-state index is 0.0472. The number of benzene rings is 1. The fourth-order valence-corrected chi connectivity index (χ4v) is 6.56. The van der Waals surface area contributed by atoms with Crippen molar-refractivity contribution in [3.8, 4) is 11.5 Å². The highest BCUT2D eigenvalue weighted by molar-refractivity contribution is 7.54. The summed E-state index contributed by atoms with van der Waals surface area (Å²) in [5, 5.41) is 0.0472. The standard InChI is InChI=1S/C25H40NO5PSi/c1-10-29-32(27,30-11-2)23(16-20-13-12-14-26-18-20)21-15-19(3)24(22(17-21)28-7)31-33(8,9)25(4,5)6/h12-15,17-18,23H,10-11,16H2,1-9H3. The molecular weight excluding hydrogens is 453 g/mol. The number of hydrogen-bond donors (Lipinski definition) is 0. The minimum Gasteiger partial charge on any atom is -0.541 e. The third-order valence-electron chi connectivity index (χ3n) is 6.18. The smallest absolute Gasteiger partial charge is 0.338 e.